The third-order valence-electron chi connectivity index (χ3n) is 7.24. The number of likely N-dealkylation sites (tertiary alicyclic amines) is 1. The number of non-ortho nitro benzene ring substituents is 1. The summed E-state index contributed by atoms with van der Waals surface area (Å²) in [6, 6.07) is 5.79. The molecule has 1 heterocycles. The first-order valence-corrected chi connectivity index (χ1v) is 14.8. The van der Waals surface area contributed by atoms with E-state index in [0.29, 0.717) is 31.6 Å². The lowest BCUT2D eigenvalue weighted by atomic mass is 10.1. The van der Waals surface area contributed by atoms with Crippen LogP contribution < -0.4 is 0 Å². The molecule has 1 aliphatic heterocycles. The highest BCUT2D eigenvalue weighted by Gasteiger charge is 2.55. The van der Waals surface area contributed by atoms with E-state index in [9.17, 15) is 19.7 Å². The molecule has 3 rings (SSSR count). The van der Waals surface area contributed by atoms with Crippen molar-refractivity contribution >= 4 is 26.1 Å². The monoisotopic (exact) mass is 492 g/mol. The summed E-state index contributed by atoms with van der Waals surface area (Å²) in [7, 11) is -2.04. The number of nitrogens with zero attached hydrogens (tertiary/aromatic N) is 2. The van der Waals surface area contributed by atoms with Gasteiger partial charge in [0.25, 0.3) is 5.69 Å². The van der Waals surface area contributed by atoms with Crippen LogP contribution in [0.25, 0.3) is 0 Å². The SMILES string of the molecule is CCOC(=O)[C@H]1C[C@@H]1[C@@H]1C[C@@H](O[Si](C)(C)C(C)(C)C)CN1C(=O)OCc1ccc([N+](=O)[O-])cc1. The second-order valence-corrected chi connectivity index (χ2v) is 15.4. The predicted molar refractivity (Wildman–Crippen MR) is 129 cm³/mol. The molecule has 0 radical (unpaired) electrons. The molecule has 1 saturated carbocycles. The fourth-order valence-corrected chi connectivity index (χ4v) is 5.58. The maximum Gasteiger partial charge on any atom is 0.410 e. The molecule has 0 bridgehead atoms. The minimum atomic E-state index is -2.04. The van der Waals surface area contributed by atoms with Crippen LogP contribution in [0.5, 0.6) is 0 Å². The number of hydrogen-bond donors (Lipinski definition) is 0. The largest absolute Gasteiger partial charge is 0.466 e. The van der Waals surface area contributed by atoms with Gasteiger partial charge in [-0.15, -0.1) is 0 Å². The highest BCUT2D eigenvalue weighted by atomic mass is 28.4. The van der Waals surface area contributed by atoms with E-state index in [4.69, 9.17) is 13.9 Å². The summed E-state index contributed by atoms with van der Waals surface area (Å²) < 4.78 is 17.4. The van der Waals surface area contributed by atoms with E-state index in [0.717, 1.165) is 0 Å². The van der Waals surface area contributed by atoms with E-state index in [-0.39, 0.29) is 47.3 Å². The predicted octanol–water partition coefficient (Wildman–Crippen LogP) is 4.90. The summed E-state index contributed by atoms with van der Waals surface area (Å²) in [5.41, 5.74) is 0.652. The normalized spacial score (nSPS) is 24.6. The molecule has 0 N–H and O–H groups in total. The van der Waals surface area contributed by atoms with Crippen molar-refractivity contribution in [3.8, 4) is 0 Å². The summed E-state index contributed by atoms with van der Waals surface area (Å²) in [6.07, 6.45) is 0.794. The molecule has 34 heavy (non-hydrogen) atoms. The van der Waals surface area contributed by atoms with E-state index in [2.05, 4.69) is 33.9 Å². The quantitative estimate of drug-likeness (QED) is 0.220. The van der Waals surface area contributed by atoms with Gasteiger partial charge in [0.1, 0.15) is 6.61 Å². The molecule has 1 aromatic carbocycles. The third kappa shape index (κ3) is 5.96. The second kappa shape index (κ2) is 10.0. The number of nitro benzene ring substituents is 1. The van der Waals surface area contributed by atoms with Gasteiger partial charge in [-0.3, -0.25) is 14.9 Å². The lowest BCUT2D eigenvalue weighted by molar-refractivity contribution is -0.384. The van der Waals surface area contributed by atoms with Crippen molar-refractivity contribution in [1.82, 2.24) is 4.90 Å². The Hall–Kier alpha value is -2.46. The lowest BCUT2D eigenvalue weighted by Gasteiger charge is -2.38. The Bertz CT molecular complexity index is 913. The molecule has 10 heteroatoms. The molecule has 1 aromatic rings. The van der Waals surface area contributed by atoms with Crippen molar-refractivity contribution in [2.45, 2.75) is 77.4 Å². The Morgan fingerprint density at radius 2 is 1.79 bits per heavy atom. The van der Waals surface area contributed by atoms with E-state index in [1.54, 1.807) is 24.0 Å². The Morgan fingerprint density at radius 1 is 1.15 bits per heavy atom. The highest BCUT2D eigenvalue weighted by molar-refractivity contribution is 6.74. The molecular weight excluding hydrogens is 456 g/mol. The third-order valence-corrected chi connectivity index (χ3v) is 11.8. The Morgan fingerprint density at radius 3 is 2.35 bits per heavy atom. The molecule has 2 fully saturated rings. The fourth-order valence-electron chi connectivity index (χ4n) is 4.22. The maximum atomic E-state index is 13.1. The topological polar surface area (TPSA) is 108 Å². The van der Waals surface area contributed by atoms with Gasteiger partial charge in [0.2, 0.25) is 0 Å². The van der Waals surface area contributed by atoms with Crippen LogP contribution in [0.15, 0.2) is 24.3 Å². The number of carbonyl (C=O) groups excluding carboxylic acids is 2. The zero-order valence-corrected chi connectivity index (χ0v) is 21.9. The smallest absolute Gasteiger partial charge is 0.410 e. The Balaban J connectivity index is 1.69. The van der Waals surface area contributed by atoms with Crippen molar-refractivity contribution < 1.29 is 28.4 Å². The number of amides is 1. The maximum absolute atomic E-state index is 13.1. The highest BCUT2D eigenvalue weighted by Crippen LogP contribution is 2.48. The van der Waals surface area contributed by atoms with Crippen molar-refractivity contribution in [2.75, 3.05) is 13.2 Å². The van der Waals surface area contributed by atoms with Crippen LogP contribution >= 0.6 is 0 Å². The zero-order chi connectivity index (χ0) is 25.3. The minimum absolute atomic E-state index is 0.0137. The fraction of sp³-hybridized carbons (Fsp3) is 0.667. The molecule has 0 spiro atoms. The lowest BCUT2D eigenvalue weighted by Crippen LogP contribution is -2.44. The van der Waals surface area contributed by atoms with E-state index in [1.165, 1.54) is 12.1 Å². The minimum Gasteiger partial charge on any atom is -0.466 e. The Labute approximate surface area is 202 Å². The van der Waals surface area contributed by atoms with Gasteiger partial charge in [-0.25, -0.2) is 4.79 Å². The van der Waals surface area contributed by atoms with Crippen molar-refractivity contribution in [2.24, 2.45) is 11.8 Å². The van der Waals surface area contributed by atoms with Gasteiger partial charge in [-0.05, 0) is 61.5 Å². The zero-order valence-electron chi connectivity index (χ0n) is 20.9. The molecular formula is C24H36N2O7Si. The van der Waals surface area contributed by atoms with Gasteiger partial charge in [-0.1, -0.05) is 20.8 Å². The number of nitro groups is 1. The standard InChI is InChI=1S/C24H36N2O7Si/c1-7-31-22(27)20-13-19(20)21-12-18(33-34(5,6)24(2,3)4)14-25(21)23(28)32-15-16-8-10-17(11-9-16)26(29)30/h8-11,18-21H,7,12-15H2,1-6H3/t18-,19+,20+,21+/m1/s1. The van der Waals surface area contributed by atoms with Crippen molar-refractivity contribution in [3.63, 3.8) is 0 Å². The molecule has 9 nitrogen and oxygen atoms in total. The molecule has 188 valence electrons. The summed E-state index contributed by atoms with van der Waals surface area (Å²) in [6.45, 7) is 13.5. The van der Waals surface area contributed by atoms with Gasteiger partial charge in [0.05, 0.1) is 23.6 Å². The van der Waals surface area contributed by atoms with Crippen LogP contribution in [0, 0.1) is 22.0 Å². The first-order chi connectivity index (χ1) is 15.8. The molecule has 0 unspecified atom stereocenters. The number of benzene rings is 1. The van der Waals surface area contributed by atoms with Gasteiger partial charge >= 0.3 is 12.1 Å². The van der Waals surface area contributed by atoms with Gasteiger partial charge in [0.15, 0.2) is 8.32 Å². The number of rotatable bonds is 8. The van der Waals surface area contributed by atoms with Gasteiger partial charge in [-0.2, -0.15) is 0 Å². The molecule has 2 aliphatic rings. The van der Waals surface area contributed by atoms with Crippen LogP contribution in [0.4, 0.5) is 10.5 Å². The second-order valence-electron chi connectivity index (χ2n) is 10.7. The average Bonchev–Trinajstić information content (AvgIpc) is 3.45. The Kier molecular flexibility index (Phi) is 7.71. The molecule has 0 aromatic heterocycles. The van der Waals surface area contributed by atoms with Gasteiger partial charge in [0, 0.05) is 24.7 Å². The number of esters is 1. The average molecular weight is 493 g/mol. The number of carbonyl (C=O) groups is 2. The number of hydrogen-bond acceptors (Lipinski definition) is 7. The van der Waals surface area contributed by atoms with Crippen LogP contribution in [-0.4, -0.2) is 55.5 Å². The molecule has 1 aliphatic carbocycles. The summed E-state index contributed by atoms with van der Waals surface area (Å²) in [5, 5.41) is 10.9. The molecule has 4 atom stereocenters. The van der Waals surface area contributed by atoms with Crippen molar-refractivity contribution in [1.29, 1.82) is 0 Å². The summed E-state index contributed by atoms with van der Waals surface area (Å²) >= 11 is 0. The van der Waals surface area contributed by atoms with Gasteiger partial charge < -0.3 is 18.8 Å². The van der Waals surface area contributed by atoms with Crippen LogP contribution in [0.1, 0.15) is 46.1 Å². The van der Waals surface area contributed by atoms with Crippen LogP contribution in [-0.2, 0) is 25.3 Å². The van der Waals surface area contributed by atoms with Crippen molar-refractivity contribution in [3.05, 3.63) is 39.9 Å². The summed E-state index contributed by atoms with van der Waals surface area (Å²) in [5.74, 6) is -0.360. The van der Waals surface area contributed by atoms with Crippen LogP contribution in [0.2, 0.25) is 18.1 Å². The molecule has 1 saturated heterocycles. The van der Waals surface area contributed by atoms with E-state index >= 15 is 0 Å². The summed E-state index contributed by atoms with van der Waals surface area (Å²) in [4.78, 5) is 37.4. The molecule has 1 amide bonds. The van der Waals surface area contributed by atoms with Crippen LogP contribution in [0.3, 0.4) is 0 Å². The number of ether oxygens (including phenoxy) is 2. The first kappa shape index (κ1) is 26.1. The first-order valence-electron chi connectivity index (χ1n) is 11.8. The van der Waals surface area contributed by atoms with E-state index < -0.39 is 19.3 Å². The van der Waals surface area contributed by atoms with E-state index in [1.807, 2.05) is 0 Å².